The van der Waals surface area contributed by atoms with Gasteiger partial charge in [-0.2, -0.15) is 0 Å². The first-order chi connectivity index (χ1) is 31.5. The van der Waals surface area contributed by atoms with Crippen LogP contribution in [0.1, 0.15) is 25.0 Å². The van der Waals surface area contributed by atoms with Crippen LogP contribution in [-0.2, 0) is 5.41 Å². The number of aromatic nitrogens is 4. The van der Waals surface area contributed by atoms with Gasteiger partial charge in [0.15, 0.2) is 17.5 Å². The summed E-state index contributed by atoms with van der Waals surface area (Å²) in [7, 11) is 0. The molecule has 2 aliphatic rings. The normalized spacial score (nSPS) is 13.0. The monoisotopic (exact) mass is 816 g/mol. The first-order valence-corrected chi connectivity index (χ1v) is 22.0. The number of nitrogens with zero attached hydrogens (tertiary/aromatic N) is 4. The summed E-state index contributed by atoms with van der Waals surface area (Å²) in [4.78, 5) is 16.5. The third-order valence-corrected chi connectivity index (χ3v) is 13.5. The summed E-state index contributed by atoms with van der Waals surface area (Å²) in [6.45, 7) is 4.74. The summed E-state index contributed by atoms with van der Waals surface area (Å²) in [5.74, 6) is 1.89. The first-order valence-electron chi connectivity index (χ1n) is 22.0. The predicted octanol–water partition coefficient (Wildman–Crippen LogP) is 15.3. The lowest BCUT2D eigenvalue weighted by Crippen LogP contribution is -2.15. The molecule has 1 aliphatic heterocycles. The Labute approximate surface area is 371 Å². The van der Waals surface area contributed by atoms with Crippen LogP contribution in [0.15, 0.2) is 206 Å². The van der Waals surface area contributed by atoms with Gasteiger partial charge in [0.05, 0.1) is 16.7 Å². The Morgan fingerprint density at radius 2 is 0.875 bits per heavy atom. The molecule has 1 aliphatic carbocycles. The van der Waals surface area contributed by atoms with Crippen molar-refractivity contribution in [1.29, 1.82) is 0 Å². The van der Waals surface area contributed by atoms with Gasteiger partial charge in [-0.1, -0.05) is 178 Å². The zero-order chi connectivity index (χ0) is 42.5. The summed E-state index contributed by atoms with van der Waals surface area (Å²) >= 11 is 0. The van der Waals surface area contributed by atoms with Gasteiger partial charge in [0, 0.05) is 44.0 Å². The van der Waals surface area contributed by atoms with E-state index in [1.807, 2.05) is 0 Å². The Morgan fingerprint density at radius 3 is 1.59 bits per heavy atom. The molecule has 0 atom stereocenters. The van der Waals surface area contributed by atoms with Crippen molar-refractivity contribution in [2.24, 2.45) is 0 Å². The van der Waals surface area contributed by atoms with Crippen LogP contribution < -0.4 is 0 Å². The van der Waals surface area contributed by atoms with E-state index in [1.165, 1.54) is 50.0 Å². The summed E-state index contributed by atoms with van der Waals surface area (Å²) in [5.41, 5.74) is 20.6. The van der Waals surface area contributed by atoms with Crippen molar-refractivity contribution in [3.8, 4) is 95.5 Å². The second kappa shape index (κ2) is 13.9. The van der Waals surface area contributed by atoms with Crippen LogP contribution in [-0.4, -0.2) is 19.5 Å². The fraction of sp³-hybridized carbons (Fsp3) is 0.0500. The number of rotatable bonds is 6. The van der Waals surface area contributed by atoms with E-state index in [9.17, 15) is 0 Å². The van der Waals surface area contributed by atoms with Gasteiger partial charge in [-0.05, 0) is 98.1 Å². The Bertz CT molecular complexity index is 3620. The van der Waals surface area contributed by atoms with Gasteiger partial charge in [-0.3, -0.25) is 0 Å². The van der Waals surface area contributed by atoms with Crippen molar-refractivity contribution in [1.82, 2.24) is 19.5 Å². The highest BCUT2D eigenvalue weighted by Gasteiger charge is 2.42. The SMILES string of the molecule is CC1(C)c2cccc3c2-c2c1cc(-c1nc(-c4cccc(-c5ccccc5)c4)nc(-c4cc(-c5ccccc5)cc(-c5ccccc5)c4)n1)c1c4ccccc4n(c21)-c1ccccc1-3. The molecule has 2 aromatic heterocycles. The standard InChI is InChI=1S/C60H40N4/c1-60(2)49-29-17-28-46-45-26-12-14-30-51(45)64-52-31-15-13-27-47(52)53-48(36-50(60)55(54(46)49)56(53)64)59-62-57(41-25-16-24-40(32-41)37-18-6-3-7-19-37)61-58(63-59)44-34-42(38-20-8-4-9-21-38)33-43(35-44)39-22-10-5-11-23-39/h3-36H,1-2H3. The van der Waals surface area contributed by atoms with Gasteiger partial charge in [-0.25, -0.2) is 15.0 Å². The summed E-state index contributed by atoms with van der Waals surface area (Å²) in [6.07, 6.45) is 0. The average molecular weight is 817 g/mol. The quantitative estimate of drug-likeness (QED) is 0.168. The summed E-state index contributed by atoms with van der Waals surface area (Å²) in [6, 6.07) is 74.0. The molecule has 64 heavy (non-hydrogen) atoms. The maximum absolute atomic E-state index is 5.59. The smallest absolute Gasteiger partial charge is 0.164 e. The fourth-order valence-electron chi connectivity index (χ4n) is 10.5. The Kier molecular flexibility index (Phi) is 7.92. The van der Waals surface area contributed by atoms with Crippen molar-refractivity contribution in [3.05, 3.63) is 217 Å². The zero-order valence-corrected chi connectivity index (χ0v) is 35.4. The second-order valence-corrected chi connectivity index (χ2v) is 17.6. The van der Waals surface area contributed by atoms with Crippen molar-refractivity contribution < 1.29 is 0 Å². The highest BCUT2D eigenvalue weighted by molar-refractivity contribution is 6.23. The maximum Gasteiger partial charge on any atom is 0.164 e. The maximum atomic E-state index is 5.59. The second-order valence-electron chi connectivity index (χ2n) is 17.6. The molecule has 0 fully saturated rings. The van der Waals surface area contributed by atoms with E-state index in [0.717, 1.165) is 61.0 Å². The Morgan fingerprint density at radius 1 is 0.359 bits per heavy atom. The van der Waals surface area contributed by atoms with Gasteiger partial charge in [0.1, 0.15) is 0 Å². The van der Waals surface area contributed by atoms with E-state index < -0.39 is 0 Å². The highest BCUT2D eigenvalue weighted by Crippen LogP contribution is 2.59. The van der Waals surface area contributed by atoms with Gasteiger partial charge in [0.25, 0.3) is 0 Å². The average Bonchev–Trinajstić information content (AvgIpc) is 3.77. The van der Waals surface area contributed by atoms with Crippen LogP contribution in [0.2, 0.25) is 0 Å². The molecule has 9 aromatic carbocycles. The molecule has 300 valence electrons. The van der Waals surface area contributed by atoms with Crippen molar-refractivity contribution in [3.63, 3.8) is 0 Å². The fourth-order valence-corrected chi connectivity index (χ4v) is 10.5. The molecule has 0 saturated carbocycles. The molecule has 0 N–H and O–H groups in total. The highest BCUT2D eigenvalue weighted by atomic mass is 15.0. The Balaban J connectivity index is 1.14. The minimum absolute atomic E-state index is 0.283. The minimum atomic E-state index is -0.283. The van der Waals surface area contributed by atoms with Crippen LogP contribution in [0.5, 0.6) is 0 Å². The number of fused-ring (bicyclic) bond motifs is 6. The molecule has 0 bridgehead atoms. The molecule has 11 aromatic rings. The zero-order valence-electron chi connectivity index (χ0n) is 35.4. The van der Waals surface area contributed by atoms with Gasteiger partial charge >= 0.3 is 0 Å². The van der Waals surface area contributed by atoms with Gasteiger partial charge in [-0.15, -0.1) is 0 Å². The van der Waals surface area contributed by atoms with E-state index in [1.54, 1.807) is 0 Å². The van der Waals surface area contributed by atoms with Gasteiger partial charge in [0.2, 0.25) is 0 Å². The molecule has 4 nitrogen and oxygen atoms in total. The molecule has 0 radical (unpaired) electrons. The number of hydrogen-bond donors (Lipinski definition) is 0. The number of para-hydroxylation sites is 2. The lowest BCUT2D eigenvalue weighted by molar-refractivity contribution is 0.661. The van der Waals surface area contributed by atoms with Crippen LogP contribution in [0.25, 0.3) is 117 Å². The molecule has 4 heteroatoms. The minimum Gasteiger partial charge on any atom is -0.308 e. The lowest BCUT2D eigenvalue weighted by atomic mass is 9.81. The number of hydrogen-bond acceptors (Lipinski definition) is 3. The van der Waals surface area contributed by atoms with E-state index >= 15 is 0 Å². The van der Waals surface area contributed by atoms with Crippen molar-refractivity contribution >= 4 is 21.8 Å². The van der Waals surface area contributed by atoms with Crippen LogP contribution in [0.4, 0.5) is 0 Å². The topological polar surface area (TPSA) is 43.6 Å². The van der Waals surface area contributed by atoms with E-state index in [-0.39, 0.29) is 5.41 Å². The molecular formula is C60H40N4. The van der Waals surface area contributed by atoms with Crippen molar-refractivity contribution in [2.75, 3.05) is 0 Å². The Hall–Kier alpha value is -8.21. The molecule has 0 saturated heterocycles. The summed E-state index contributed by atoms with van der Waals surface area (Å²) < 4.78 is 2.51. The molecule has 13 rings (SSSR count). The van der Waals surface area contributed by atoms with Crippen molar-refractivity contribution in [2.45, 2.75) is 19.3 Å². The molecule has 0 spiro atoms. The first kappa shape index (κ1) is 36.4. The van der Waals surface area contributed by atoms with Crippen LogP contribution in [0, 0.1) is 0 Å². The molecule has 0 amide bonds. The largest absolute Gasteiger partial charge is 0.308 e. The van der Waals surface area contributed by atoms with E-state index in [4.69, 9.17) is 15.0 Å². The lowest BCUT2D eigenvalue weighted by Gasteiger charge is -2.23. The predicted molar refractivity (Wildman–Crippen MR) is 263 cm³/mol. The summed E-state index contributed by atoms with van der Waals surface area (Å²) in [5, 5.41) is 2.32. The third-order valence-electron chi connectivity index (χ3n) is 13.5. The van der Waals surface area contributed by atoms with E-state index in [2.05, 4.69) is 225 Å². The molecule has 0 unspecified atom stereocenters. The number of benzene rings is 9. The third kappa shape index (κ3) is 5.45. The molecule has 3 heterocycles. The van der Waals surface area contributed by atoms with Crippen LogP contribution in [0.3, 0.4) is 0 Å². The molecular weight excluding hydrogens is 777 g/mol. The van der Waals surface area contributed by atoms with E-state index in [0.29, 0.717) is 17.5 Å². The van der Waals surface area contributed by atoms with Crippen LogP contribution >= 0.6 is 0 Å². The van der Waals surface area contributed by atoms with Gasteiger partial charge < -0.3 is 4.57 Å².